The lowest BCUT2D eigenvalue weighted by Gasteiger charge is -2.22. The van der Waals surface area contributed by atoms with Crippen LogP contribution in [0.15, 0.2) is 0 Å². The van der Waals surface area contributed by atoms with E-state index in [2.05, 4.69) is 24.3 Å². The maximum atomic E-state index is 5.63. The molecule has 3 heteroatoms. The topological polar surface area (TPSA) is 24.5 Å². The van der Waals surface area contributed by atoms with Crippen molar-refractivity contribution in [3.8, 4) is 0 Å². The van der Waals surface area contributed by atoms with Gasteiger partial charge in [-0.25, -0.2) is 0 Å². The van der Waals surface area contributed by atoms with Crippen LogP contribution >= 0.6 is 0 Å². The molecule has 1 aliphatic rings. The first-order valence-electron chi connectivity index (χ1n) is 5.76. The Hall–Kier alpha value is -0.120. The Bertz CT molecular complexity index is 133. The van der Waals surface area contributed by atoms with Crippen molar-refractivity contribution in [2.75, 3.05) is 40.3 Å². The van der Waals surface area contributed by atoms with Gasteiger partial charge in [-0.15, -0.1) is 0 Å². The molecule has 1 fully saturated rings. The third-order valence-corrected chi connectivity index (χ3v) is 2.60. The second-order valence-corrected chi connectivity index (χ2v) is 4.35. The molecule has 1 atom stereocenters. The fraction of sp³-hybridized carbons (Fsp3) is 1.00. The highest BCUT2D eigenvalue weighted by Crippen LogP contribution is 2.11. The second kappa shape index (κ2) is 7.21. The Morgan fingerprint density at radius 2 is 2.21 bits per heavy atom. The maximum absolute atomic E-state index is 5.63. The molecular weight excluding hydrogens is 176 g/mol. The van der Waals surface area contributed by atoms with Gasteiger partial charge in [-0.05, 0) is 52.9 Å². The van der Waals surface area contributed by atoms with Gasteiger partial charge in [0.15, 0.2) is 0 Å². The van der Waals surface area contributed by atoms with Gasteiger partial charge >= 0.3 is 0 Å². The number of nitrogens with one attached hydrogen (secondary N) is 1. The van der Waals surface area contributed by atoms with E-state index in [-0.39, 0.29) is 0 Å². The Labute approximate surface area is 87.8 Å². The predicted octanol–water partition coefficient (Wildman–Crippen LogP) is 1.10. The van der Waals surface area contributed by atoms with E-state index in [9.17, 15) is 0 Å². The molecule has 1 aliphatic heterocycles. The molecular formula is C11H24N2O. The molecule has 0 aromatic heterocycles. The molecule has 84 valence electrons. The van der Waals surface area contributed by atoms with Gasteiger partial charge < -0.3 is 15.0 Å². The fourth-order valence-electron chi connectivity index (χ4n) is 1.75. The van der Waals surface area contributed by atoms with Crippen molar-refractivity contribution in [2.45, 2.75) is 31.8 Å². The zero-order valence-electron chi connectivity index (χ0n) is 9.59. The first-order valence-corrected chi connectivity index (χ1v) is 5.76. The molecule has 0 spiro atoms. The van der Waals surface area contributed by atoms with E-state index in [0.29, 0.717) is 6.10 Å². The van der Waals surface area contributed by atoms with Crippen molar-refractivity contribution in [2.24, 2.45) is 0 Å². The highest BCUT2D eigenvalue weighted by molar-refractivity contribution is 4.66. The molecule has 1 unspecified atom stereocenters. The standard InChI is InChI=1S/C11H24N2O/c1-13(2)8-5-7-12-10-11-6-3-4-9-14-11/h11-12H,3-10H2,1-2H3. The number of hydrogen-bond acceptors (Lipinski definition) is 3. The first kappa shape index (κ1) is 12.0. The lowest BCUT2D eigenvalue weighted by atomic mass is 10.1. The quantitative estimate of drug-likeness (QED) is 0.650. The predicted molar refractivity (Wildman–Crippen MR) is 59.6 cm³/mol. The van der Waals surface area contributed by atoms with Crippen LogP contribution in [-0.4, -0.2) is 51.3 Å². The molecule has 3 nitrogen and oxygen atoms in total. The summed E-state index contributed by atoms with van der Waals surface area (Å²) in [5.74, 6) is 0. The number of ether oxygens (including phenoxy) is 1. The Morgan fingerprint density at radius 3 is 2.86 bits per heavy atom. The molecule has 14 heavy (non-hydrogen) atoms. The summed E-state index contributed by atoms with van der Waals surface area (Å²) in [6, 6.07) is 0. The van der Waals surface area contributed by atoms with Gasteiger partial charge in [-0.2, -0.15) is 0 Å². The smallest absolute Gasteiger partial charge is 0.0699 e. The first-order chi connectivity index (χ1) is 6.79. The molecule has 0 aliphatic carbocycles. The lowest BCUT2D eigenvalue weighted by Crippen LogP contribution is -2.33. The van der Waals surface area contributed by atoms with Crippen LogP contribution in [0, 0.1) is 0 Å². The number of hydrogen-bond donors (Lipinski definition) is 1. The van der Waals surface area contributed by atoms with Crippen molar-refractivity contribution >= 4 is 0 Å². The monoisotopic (exact) mass is 200 g/mol. The normalized spacial score (nSPS) is 22.9. The van der Waals surface area contributed by atoms with Crippen LogP contribution in [0.25, 0.3) is 0 Å². The SMILES string of the molecule is CN(C)CCCNCC1CCCCO1. The Morgan fingerprint density at radius 1 is 1.36 bits per heavy atom. The maximum Gasteiger partial charge on any atom is 0.0699 e. The summed E-state index contributed by atoms with van der Waals surface area (Å²) in [6.45, 7) is 4.27. The highest BCUT2D eigenvalue weighted by Gasteiger charge is 2.12. The van der Waals surface area contributed by atoms with Crippen LogP contribution in [0.5, 0.6) is 0 Å². The van der Waals surface area contributed by atoms with Crippen molar-refractivity contribution in [1.29, 1.82) is 0 Å². The van der Waals surface area contributed by atoms with Gasteiger partial charge in [0, 0.05) is 13.2 Å². The van der Waals surface area contributed by atoms with Gasteiger partial charge in [0.25, 0.3) is 0 Å². The van der Waals surface area contributed by atoms with Crippen LogP contribution in [0.4, 0.5) is 0 Å². The largest absolute Gasteiger partial charge is 0.377 e. The molecule has 0 radical (unpaired) electrons. The minimum Gasteiger partial charge on any atom is -0.377 e. The molecule has 1 saturated heterocycles. The Balaban J connectivity index is 1.87. The van der Waals surface area contributed by atoms with Gasteiger partial charge in [0.1, 0.15) is 0 Å². The molecule has 0 aromatic carbocycles. The second-order valence-electron chi connectivity index (χ2n) is 4.35. The lowest BCUT2D eigenvalue weighted by molar-refractivity contribution is 0.0170. The van der Waals surface area contributed by atoms with Crippen LogP contribution in [0.2, 0.25) is 0 Å². The van der Waals surface area contributed by atoms with E-state index >= 15 is 0 Å². The van der Waals surface area contributed by atoms with E-state index in [1.807, 2.05) is 0 Å². The van der Waals surface area contributed by atoms with Gasteiger partial charge in [-0.3, -0.25) is 0 Å². The summed E-state index contributed by atoms with van der Waals surface area (Å²) in [7, 11) is 4.23. The Kier molecular flexibility index (Phi) is 6.15. The average Bonchev–Trinajstić information content (AvgIpc) is 2.18. The van der Waals surface area contributed by atoms with E-state index in [0.717, 1.165) is 19.7 Å². The van der Waals surface area contributed by atoms with Crippen molar-refractivity contribution < 1.29 is 4.74 Å². The molecule has 1 heterocycles. The van der Waals surface area contributed by atoms with Gasteiger partial charge in [0.2, 0.25) is 0 Å². The summed E-state index contributed by atoms with van der Waals surface area (Å²) >= 11 is 0. The minimum absolute atomic E-state index is 0.475. The fourth-order valence-corrected chi connectivity index (χ4v) is 1.75. The third-order valence-electron chi connectivity index (χ3n) is 2.60. The molecule has 0 saturated carbocycles. The zero-order valence-corrected chi connectivity index (χ0v) is 9.59. The molecule has 0 amide bonds. The number of nitrogens with zero attached hydrogens (tertiary/aromatic N) is 1. The van der Waals surface area contributed by atoms with Crippen LogP contribution in [0.1, 0.15) is 25.7 Å². The summed E-state index contributed by atoms with van der Waals surface area (Å²) in [5.41, 5.74) is 0. The van der Waals surface area contributed by atoms with Crippen LogP contribution in [0.3, 0.4) is 0 Å². The molecule has 1 rings (SSSR count). The van der Waals surface area contributed by atoms with Crippen LogP contribution < -0.4 is 5.32 Å². The summed E-state index contributed by atoms with van der Waals surface area (Å²) in [4.78, 5) is 2.22. The van der Waals surface area contributed by atoms with Gasteiger partial charge in [0.05, 0.1) is 6.10 Å². The highest BCUT2D eigenvalue weighted by atomic mass is 16.5. The summed E-state index contributed by atoms with van der Waals surface area (Å²) in [5, 5.41) is 3.46. The summed E-state index contributed by atoms with van der Waals surface area (Å²) in [6.07, 6.45) is 5.52. The van der Waals surface area contributed by atoms with Crippen molar-refractivity contribution in [1.82, 2.24) is 10.2 Å². The van der Waals surface area contributed by atoms with Crippen LogP contribution in [-0.2, 0) is 4.74 Å². The molecule has 1 N–H and O–H groups in total. The molecule has 0 aromatic rings. The van der Waals surface area contributed by atoms with Crippen molar-refractivity contribution in [3.05, 3.63) is 0 Å². The zero-order chi connectivity index (χ0) is 10.2. The van der Waals surface area contributed by atoms with E-state index < -0.39 is 0 Å². The van der Waals surface area contributed by atoms with Gasteiger partial charge in [-0.1, -0.05) is 0 Å². The van der Waals surface area contributed by atoms with E-state index in [1.54, 1.807) is 0 Å². The van der Waals surface area contributed by atoms with Crippen molar-refractivity contribution in [3.63, 3.8) is 0 Å². The number of rotatable bonds is 6. The summed E-state index contributed by atoms with van der Waals surface area (Å²) < 4.78 is 5.63. The van der Waals surface area contributed by atoms with E-state index in [1.165, 1.54) is 32.2 Å². The van der Waals surface area contributed by atoms with E-state index in [4.69, 9.17) is 4.74 Å². The third kappa shape index (κ3) is 5.58. The minimum atomic E-state index is 0.475. The average molecular weight is 200 g/mol. The molecule has 0 bridgehead atoms.